The summed E-state index contributed by atoms with van der Waals surface area (Å²) in [6.07, 6.45) is 5.85. The first-order chi connectivity index (χ1) is 17.1. The molecule has 0 saturated carbocycles. The Morgan fingerprint density at radius 1 is 0.417 bits per heavy atom. The van der Waals surface area contributed by atoms with Crippen LogP contribution < -0.4 is 0 Å². The molecule has 0 spiro atoms. The summed E-state index contributed by atoms with van der Waals surface area (Å²) in [5, 5.41) is 0. The van der Waals surface area contributed by atoms with Crippen molar-refractivity contribution in [1.82, 2.24) is 0 Å². The molecule has 2 aliphatic rings. The summed E-state index contributed by atoms with van der Waals surface area (Å²) in [4.78, 5) is 0. The number of hydrogen-bond acceptors (Lipinski definition) is 2. The van der Waals surface area contributed by atoms with E-state index in [1.165, 1.54) is 48.7 Å². The van der Waals surface area contributed by atoms with E-state index >= 15 is 0 Å². The minimum absolute atomic E-state index is 1.02. The molecule has 16 heteroatoms. The Bertz CT molecular complexity index is 751. The van der Waals surface area contributed by atoms with Crippen molar-refractivity contribution in [3.05, 3.63) is 70.3 Å². The van der Waals surface area contributed by atoms with Crippen LogP contribution in [0.1, 0.15) is 25.7 Å². The van der Waals surface area contributed by atoms with E-state index in [1.54, 1.807) is 0 Å². The summed E-state index contributed by atoms with van der Waals surface area (Å²) in [5.74, 6) is -14.4. The summed E-state index contributed by atoms with van der Waals surface area (Å²) >= 11 is 8.59. The van der Waals surface area contributed by atoms with Crippen LogP contribution in [0.2, 0.25) is 0 Å². The van der Waals surface area contributed by atoms with E-state index < -0.39 is 58.2 Å². The second-order valence-corrected chi connectivity index (χ2v) is 8.48. The standard InChI is InChI=1S/2C6F5.2C4H8S.2ClH.2Pd/c2*7-2-1-3(8)5(10)6(11)4(2)9;2*1-2-4-5-3-1;;;;/h;;2*1-4H2;2*1H;;/q2*-1;;;;;2*+2/p-2. The van der Waals surface area contributed by atoms with E-state index in [2.05, 4.69) is 78.9 Å². The molecule has 2 aromatic rings. The van der Waals surface area contributed by atoms with Crippen LogP contribution in [-0.2, 0) is 36.4 Å². The fourth-order valence-corrected chi connectivity index (χ4v) is 4.05. The first-order valence-corrected chi connectivity index (χ1v) is 15.6. The molecule has 2 fully saturated rings. The van der Waals surface area contributed by atoms with Crippen LogP contribution in [0.15, 0.2) is 0 Å². The van der Waals surface area contributed by atoms with E-state index in [4.69, 9.17) is 0 Å². The van der Waals surface area contributed by atoms with Gasteiger partial charge in [0.05, 0.1) is 58.2 Å². The molecule has 0 bridgehead atoms. The van der Waals surface area contributed by atoms with Crippen LogP contribution in [0, 0.1) is 70.3 Å². The fraction of sp³-hybridized carbons (Fsp3) is 0.400. The summed E-state index contributed by atoms with van der Waals surface area (Å²) in [6.45, 7) is 0. The second-order valence-electron chi connectivity index (χ2n) is 6.03. The zero-order valence-electron chi connectivity index (χ0n) is 17.6. The summed E-state index contributed by atoms with van der Waals surface area (Å²) < 4.78 is 120. The van der Waals surface area contributed by atoms with Gasteiger partial charge in [-0.05, 0) is 48.7 Å². The predicted molar refractivity (Wildman–Crippen MR) is 115 cm³/mol. The number of halogens is 12. The fourth-order valence-electron chi connectivity index (χ4n) is 2.01. The molecule has 0 amide bonds. The number of benzene rings is 2. The van der Waals surface area contributed by atoms with Crippen molar-refractivity contribution < 1.29 is 80.3 Å². The topological polar surface area (TPSA) is 0 Å². The average molecular weight is 794 g/mol. The van der Waals surface area contributed by atoms with Gasteiger partial charge in [-0.1, -0.05) is 0 Å². The molecular formula is C20H16Cl2F10Pd2S2. The molecule has 0 aromatic heterocycles. The van der Waals surface area contributed by atoms with Crippen LogP contribution in [0.4, 0.5) is 43.9 Å². The van der Waals surface area contributed by atoms with Crippen LogP contribution >= 0.6 is 42.6 Å². The molecule has 0 N–H and O–H groups in total. The second kappa shape index (κ2) is 23.3. The summed E-state index contributed by atoms with van der Waals surface area (Å²) in [6, 6.07) is 2.05. The van der Waals surface area contributed by atoms with E-state index in [-0.39, 0.29) is 0 Å². The molecule has 2 saturated heterocycles. The van der Waals surface area contributed by atoms with E-state index in [0.717, 1.165) is 12.1 Å². The van der Waals surface area contributed by atoms with Gasteiger partial charge in [-0.3, -0.25) is 17.6 Å². The van der Waals surface area contributed by atoms with Crippen molar-refractivity contribution in [2.24, 2.45) is 0 Å². The van der Waals surface area contributed by atoms with Crippen LogP contribution in [0.5, 0.6) is 0 Å². The molecule has 2 heterocycles. The Morgan fingerprint density at radius 3 is 0.750 bits per heavy atom. The van der Waals surface area contributed by atoms with E-state index in [0.29, 0.717) is 0 Å². The quantitative estimate of drug-likeness (QED) is 0.0861. The van der Waals surface area contributed by atoms with Gasteiger partial charge < -0.3 is 0 Å². The maximum absolute atomic E-state index is 12.0. The molecule has 2 aliphatic heterocycles. The zero-order valence-corrected chi connectivity index (χ0v) is 23.9. The molecule has 36 heavy (non-hydrogen) atoms. The third kappa shape index (κ3) is 15.1. The van der Waals surface area contributed by atoms with E-state index in [1.807, 2.05) is 0 Å². The Balaban J connectivity index is 0. The SMILES string of the molecule is C1CCSC1.C1CCSC1.Fc1[c-]c(F)c(F)c(F)c1F.Fc1[c-]c(F)c(F)c(F)c1F.[Cl][Pd+].[Cl][Pd+]. The molecule has 0 nitrogen and oxygen atoms in total. The van der Waals surface area contributed by atoms with Gasteiger partial charge in [0.25, 0.3) is 0 Å². The first kappa shape index (κ1) is 38.5. The van der Waals surface area contributed by atoms with Gasteiger partial charge in [-0.15, -0.1) is 12.1 Å². The third-order valence-corrected chi connectivity index (χ3v) is 5.94. The first-order valence-electron chi connectivity index (χ1n) is 9.28. The third-order valence-electron chi connectivity index (χ3n) is 3.64. The van der Waals surface area contributed by atoms with Crippen LogP contribution in [0.25, 0.3) is 0 Å². The summed E-state index contributed by atoms with van der Waals surface area (Å²) in [5.41, 5.74) is 0. The molecule has 212 valence electrons. The Hall–Kier alpha value is 0.345. The Labute approximate surface area is 240 Å². The van der Waals surface area contributed by atoms with Crippen molar-refractivity contribution in [3.63, 3.8) is 0 Å². The van der Waals surface area contributed by atoms with Crippen molar-refractivity contribution in [1.29, 1.82) is 0 Å². The van der Waals surface area contributed by atoms with Gasteiger partial charge >= 0.3 is 55.4 Å². The van der Waals surface area contributed by atoms with Crippen molar-refractivity contribution in [3.8, 4) is 0 Å². The minimum atomic E-state index is -2.17. The molecule has 4 rings (SSSR count). The molecule has 0 atom stereocenters. The normalized spacial score (nSPS) is 13.3. The van der Waals surface area contributed by atoms with Gasteiger partial charge in [-0.2, -0.15) is 23.5 Å². The van der Waals surface area contributed by atoms with Crippen LogP contribution in [-0.4, -0.2) is 23.0 Å². The van der Waals surface area contributed by atoms with Gasteiger partial charge in [0.1, 0.15) is 0 Å². The summed E-state index contributed by atoms with van der Waals surface area (Å²) in [7, 11) is 8.98. The molecule has 0 radical (unpaired) electrons. The maximum atomic E-state index is 12.0. The molecule has 0 unspecified atom stereocenters. The molecular weight excluding hydrogens is 778 g/mol. The van der Waals surface area contributed by atoms with Gasteiger partial charge in [0, 0.05) is 0 Å². The number of thioether (sulfide) groups is 2. The van der Waals surface area contributed by atoms with Crippen molar-refractivity contribution >= 4 is 42.6 Å². The Morgan fingerprint density at radius 2 is 0.611 bits per heavy atom. The van der Waals surface area contributed by atoms with Gasteiger partial charge in [-0.25, -0.2) is 26.3 Å². The monoisotopic (exact) mass is 792 g/mol. The zero-order chi connectivity index (χ0) is 28.3. The van der Waals surface area contributed by atoms with Crippen molar-refractivity contribution in [2.45, 2.75) is 25.7 Å². The van der Waals surface area contributed by atoms with Crippen molar-refractivity contribution in [2.75, 3.05) is 23.0 Å². The Kier molecular flexibility index (Phi) is 24.9. The molecule has 2 aromatic carbocycles. The van der Waals surface area contributed by atoms with Gasteiger partial charge in [0.2, 0.25) is 0 Å². The van der Waals surface area contributed by atoms with E-state index in [9.17, 15) is 43.9 Å². The molecule has 0 aliphatic carbocycles. The average Bonchev–Trinajstić information content (AvgIpc) is 3.66. The number of rotatable bonds is 0. The predicted octanol–water partition coefficient (Wildman–Crippen LogP) is 8.77. The number of hydrogen-bond donors (Lipinski definition) is 0. The van der Waals surface area contributed by atoms with Gasteiger partial charge in [0.15, 0.2) is 0 Å². The van der Waals surface area contributed by atoms with Crippen LogP contribution in [0.3, 0.4) is 0 Å².